The van der Waals surface area contributed by atoms with Crippen LogP contribution < -0.4 is 5.84 Å². The molecule has 0 amide bonds. The van der Waals surface area contributed by atoms with Crippen molar-refractivity contribution < 1.29 is 0 Å². The minimum atomic E-state index is 0.225. The van der Waals surface area contributed by atoms with Crippen molar-refractivity contribution in [1.29, 1.82) is 5.41 Å². The van der Waals surface area contributed by atoms with Gasteiger partial charge in [0.05, 0.1) is 0 Å². The summed E-state index contributed by atoms with van der Waals surface area (Å²) in [5.41, 5.74) is 0. The minimum Gasteiger partial charge on any atom is -0.286 e. The fourth-order valence-corrected chi connectivity index (χ4v) is 0.211. The molecule has 0 saturated heterocycles. The number of amidine groups is 1. The number of hydrogen-bond acceptors (Lipinski definition) is 3. The molecule has 0 spiro atoms. The molecule has 0 bridgehead atoms. The molecule has 0 aromatic carbocycles. The van der Waals surface area contributed by atoms with E-state index in [9.17, 15) is 0 Å². The Kier molecular flexibility index (Phi) is 2.79. The lowest BCUT2D eigenvalue weighted by atomic mass is 10.7. The molecule has 0 unspecified atom stereocenters. The van der Waals surface area contributed by atoms with Crippen molar-refractivity contribution >= 4 is 12.1 Å². The monoisotopic (exact) mass is 114 g/mol. The Morgan fingerprint density at radius 1 is 1.88 bits per heavy atom. The van der Waals surface area contributed by atoms with Gasteiger partial charge in [-0.1, -0.05) is 0 Å². The van der Waals surface area contributed by atoms with Crippen LogP contribution in [-0.4, -0.2) is 17.2 Å². The largest absolute Gasteiger partial charge is 0.286 e. The molecule has 0 aliphatic heterocycles. The fraction of sp³-hybridized carbons (Fsp3) is 0.500. The van der Waals surface area contributed by atoms with Crippen molar-refractivity contribution in [2.24, 2.45) is 10.9 Å². The van der Waals surface area contributed by atoms with Crippen molar-refractivity contribution in [3.63, 3.8) is 0 Å². The molecule has 4 nitrogen and oxygen atoms in total. The number of rotatable bonds is 1. The fourth-order valence-electron chi connectivity index (χ4n) is 0.211. The van der Waals surface area contributed by atoms with E-state index in [4.69, 9.17) is 11.3 Å². The van der Waals surface area contributed by atoms with Gasteiger partial charge in [-0.15, -0.1) is 0 Å². The van der Waals surface area contributed by atoms with Crippen LogP contribution in [0.5, 0.6) is 0 Å². The van der Waals surface area contributed by atoms with Crippen LogP contribution in [0.1, 0.15) is 13.8 Å². The van der Waals surface area contributed by atoms with E-state index in [1.165, 1.54) is 6.21 Å². The first-order chi connectivity index (χ1) is 3.68. The van der Waals surface area contributed by atoms with Crippen LogP contribution in [0.4, 0.5) is 0 Å². The standard InChI is InChI=1S/C4H10N4/c1-3-7-8(6)4(2)5/h3,5H,6H2,1-2H3. The molecule has 0 saturated carbocycles. The molecule has 3 N–H and O–H groups in total. The maximum absolute atomic E-state index is 6.89. The maximum Gasteiger partial charge on any atom is 0.132 e. The predicted octanol–water partition coefficient (Wildman–Crippen LogP) is 0.165. The van der Waals surface area contributed by atoms with Gasteiger partial charge in [-0.05, 0) is 13.8 Å². The Balaban J connectivity index is 3.64. The zero-order valence-corrected chi connectivity index (χ0v) is 5.05. The summed E-state index contributed by atoms with van der Waals surface area (Å²) in [6, 6.07) is 0. The third kappa shape index (κ3) is 2.30. The van der Waals surface area contributed by atoms with Crippen LogP contribution in [0.2, 0.25) is 0 Å². The average Bonchev–Trinajstić information content (AvgIpc) is 1.67. The highest BCUT2D eigenvalue weighted by molar-refractivity contribution is 5.76. The van der Waals surface area contributed by atoms with Gasteiger partial charge in [0.15, 0.2) is 0 Å². The highest BCUT2D eigenvalue weighted by Gasteiger charge is 1.89. The molecular weight excluding hydrogens is 104 g/mol. The molecule has 0 radical (unpaired) electrons. The second-order valence-electron chi connectivity index (χ2n) is 1.30. The van der Waals surface area contributed by atoms with E-state index in [0.717, 1.165) is 5.12 Å². The number of hydrazine groups is 1. The first-order valence-electron chi connectivity index (χ1n) is 2.27. The summed E-state index contributed by atoms with van der Waals surface area (Å²) in [6.45, 7) is 3.30. The van der Waals surface area contributed by atoms with E-state index in [0.29, 0.717) is 0 Å². The highest BCUT2D eigenvalue weighted by Crippen LogP contribution is 1.76. The smallest absolute Gasteiger partial charge is 0.132 e. The van der Waals surface area contributed by atoms with Crippen molar-refractivity contribution in [1.82, 2.24) is 5.12 Å². The van der Waals surface area contributed by atoms with Crippen LogP contribution in [0.15, 0.2) is 5.10 Å². The van der Waals surface area contributed by atoms with Crippen molar-refractivity contribution in [3.05, 3.63) is 0 Å². The molecule has 0 aromatic rings. The Hall–Kier alpha value is -0.900. The number of nitrogens with two attached hydrogens (primary N) is 1. The molecule has 4 heteroatoms. The van der Waals surface area contributed by atoms with E-state index in [1.54, 1.807) is 13.8 Å². The van der Waals surface area contributed by atoms with Gasteiger partial charge in [0, 0.05) is 6.21 Å². The van der Waals surface area contributed by atoms with Gasteiger partial charge < -0.3 is 0 Å². The van der Waals surface area contributed by atoms with Crippen molar-refractivity contribution in [3.8, 4) is 0 Å². The zero-order chi connectivity index (χ0) is 6.57. The first kappa shape index (κ1) is 7.10. The molecule has 0 aliphatic carbocycles. The van der Waals surface area contributed by atoms with Crippen LogP contribution >= 0.6 is 0 Å². The Bertz CT molecular complexity index is 107. The second kappa shape index (κ2) is 3.15. The SMILES string of the molecule is CC=NN(N)C(C)=N. The summed E-state index contributed by atoms with van der Waals surface area (Å²) in [5.74, 6) is 5.36. The summed E-state index contributed by atoms with van der Waals surface area (Å²) in [7, 11) is 0. The quantitative estimate of drug-likeness (QED) is 0.221. The average molecular weight is 114 g/mol. The van der Waals surface area contributed by atoms with E-state index >= 15 is 0 Å². The van der Waals surface area contributed by atoms with Gasteiger partial charge in [0.1, 0.15) is 5.84 Å². The molecule has 0 atom stereocenters. The molecular formula is C4H10N4. The summed E-state index contributed by atoms with van der Waals surface area (Å²) in [6.07, 6.45) is 1.53. The van der Waals surface area contributed by atoms with Gasteiger partial charge in [-0.2, -0.15) is 10.2 Å². The lowest BCUT2D eigenvalue weighted by Crippen LogP contribution is -2.29. The number of hydrazone groups is 1. The van der Waals surface area contributed by atoms with Crippen LogP contribution in [0.3, 0.4) is 0 Å². The Labute approximate surface area is 48.5 Å². The molecule has 0 aliphatic rings. The molecule has 0 heterocycles. The Morgan fingerprint density at radius 2 is 2.38 bits per heavy atom. The summed E-state index contributed by atoms with van der Waals surface area (Å²) in [5, 5.41) is 11.5. The topological polar surface area (TPSA) is 65.5 Å². The van der Waals surface area contributed by atoms with Crippen molar-refractivity contribution in [2.75, 3.05) is 0 Å². The minimum absolute atomic E-state index is 0.225. The third-order valence-corrected chi connectivity index (χ3v) is 0.584. The molecule has 46 valence electrons. The normalized spacial score (nSPS) is 9.88. The third-order valence-electron chi connectivity index (χ3n) is 0.584. The van der Waals surface area contributed by atoms with E-state index in [2.05, 4.69) is 5.10 Å². The highest BCUT2D eigenvalue weighted by atomic mass is 15.6. The Morgan fingerprint density at radius 3 is 2.50 bits per heavy atom. The zero-order valence-electron chi connectivity index (χ0n) is 5.05. The number of nitrogens with zero attached hydrogens (tertiary/aromatic N) is 2. The lowest BCUT2D eigenvalue weighted by molar-refractivity contribution is 0.466. The van der Waals surface area contributed by atoms with Crippen LogP contribution in [0, 0.1) is 5.41 Å². The van der Waals surface area contributed by atoms with Gasteiger partial charge in [-0.3, -0.25) is 5.41 Å². The maximum atomic E-state index is 6.89. The molecule has 0 fully saturated rings. The molecule has 8 heavy (non-hydrogen) atoms. The summed E-state index contributed by atoms with van der Waals surface area (Å²) < 4.78 is 0. The number of nitrogens with one attached hydrogen (secondary N) is 1. The van der Waals surface area contributed by atoms with Gasteiger partial charge in [-0.25, -0.2) is 5.84 Å². The van der Waals surface area contributed by atoms with Gasteiger partial charge >= 0.3 is 0 Å². The van der Waals surface area contributed by atoms with Crippen LogP contribution in [-0.2, 0) is 0 Å². The predicted molar refractivity (Wildman–Crippen MR) is 33.6 cm³/mol. The van der Waals surface area contributed by atoms with Gasteiger partial charge in [0.25, 0.3) is 0 Å². The molecule has 0 aromatic heterocycles. The number of hydrogen-bond donors (Lipinski definition) is 2. The first-order valence-corrected chi connectivity index (χ1v) is 2.27. The van der Waals surface area contributed by atoms with E-state index < -0.39 is 0 Å². The lowest BCUT2D eigenvalue weighted by Gasteiger charge is -2.06. The summed E-state index contributed by atoms with van der Waals surface area (Å²) >= 11 is 0. The van der Waals surface area contributed by atoms with E-state index in [1.807, 2.05) is 0 Å². The van der Waals surface area contributed by atoms with Crippen LogP contribution in [0.25, 0.3) is 0 Å². The molecule has 0 rings (SSSR count). The van der Waals surface area contributed by atoms with Crippen molar-refractivity contribution in [2.45, 2.75) is 13.8 Å². The second-order valence-corrected chi connectivity index (χ2v) is 1.30. The summed E-state index contributed by atoms with van der Waals surface area (Å²) in [4.78, 5) is 0. The van der Waals surface area contributed by atoms with Gasteiger partial charge in [0.2, 0.25) is 0 Å². The van der Waals surface area contributed by atoms with E-state index in [-0.39, 0.29) is 5.84 Å².